The number of amides is 1. The van der Waals surface area contributed by atoms with Crippen molar-refractivity contribution in [2.45, 2.75) is 6.10 Å². The Labute approximate surface area is 139 Å². The minimum Gasteiger partial charge on any atom is -0.465 e. The van der Waals surface area contributed by atoms with Crippen molar-refractivity contribution in [3.05, 3.63) is 71.0 Å². The van der Waals surface area contributed by atoms with Crippen LogP contribution in [0.25, 0.3) is 0 Å². The normalized spacial score (nSPS) is 11.6. The van der Waals surface area contributed by atoms with Crippen molar-refractivity contribution in [1.29, 1.82) is 0 Å². The highest BCUT2D eigenvalue weighted by atomic mass is 19.1. The fraction of sp³-hybridized carbons (Fsp3) is 0.222. The number of carbonyl (C=O) groups is 2. The molecule has 0 aliphatic carbocycles. The number of halogens is 1. The molecule has 0 spiro atoms. The van der Waals surface area contributed by atoms with E-state index in [1.165, 1.54) is 50.6 Å². The highest BCUT2D eigenvalue weighted by Crippen LogP contribution is 2.17. The monoisotopic (exact) mass is 331 g/mol. The number of rotatable bonds is 6. The molecule has 2 aromatic rings. The summed E-state index contributed by atoms with van der Waals surface area (Å²) in [6.45, 7) is 0.192. The van der Waals surface area contributed by atoms with E-state index in [1.54, 1.807) is 12.1 Å². The Bertz CT molecular complexity index is 715. The Morgan fingerprint density at radius 2 is 1.75 bits per heavy atom. The highest BCUT2D eigenvalue weighted by molar-refractivity contribution is 5.96. The van der Waals surface area contributed by atoms with Crippen molar-refractivity contribution in [1.82, 2.24) is 5.32 Å². The van der Waals surface area contributed by atoms with Crippen LogP contribution in [-0.2, 0) is 9.47 Å². The molecule has 126 valence electrons. The van der Waals surface area contributed by atoms with Crippen LogP contribution >= 0.6 is 0 Å². The molecule has 5 nitrogen and oxygen atoms in total. The fourth-order valence-electron chi connectivity index (χ4n) is 2.21. The van der Waals surface area contributed by atoms with E-state index in [0.29, 0.717) is 16.7 Å². The Balaban J connectivity index is 2.00. The zero-order valence-corrected chi connectivity index (χ0v) is 13.4. The Morgan fingerprint density at radius 1 is 1.08 bits per heavy atom. The summed E-state index contributed by atoms with van der Waals surface area (Å²) in [4.78, 5) is 23.5. The summed E-state index contributed by atoms with van der Waals surface area (Å²) in [5, 5.41) is 2.73. The Morgan fingerprint density at radius 3 is 2.33 bits per heavy atom. The maximum atomic E-state index is 13.3. The van der Waals surface area contributed by atoms with Gasteiger partial charge in [0.05, 0.1) is 18.8 Å². The van der Waals surface area contributed by atoms with E-state index in [9.17, 15) is 14.0 Å². The maximum Gasteiger partial charge on any atom is 0.337 e. The van der Waals surface area contributed by atoms with Gasteiger partial charge in [-0.3, -0.25) is 4.79 Å². The third-order valence-corrected chi connectivity index (χ3v) is 3.52. The van der Waals surface area contributed by atoms with Gasteiger partial charge >= 0.3 is 5.97 Å². The molecule has 0 aliphatic heterocycles. The Hall–Kier alpha value is -2.73. The maximum absolute atomic E-state index is 13.3. The standard InChI is InChI=1S/C18H18FNO4/c1-23-16(14-4-3-5-15(19)10-14)11-20-17(21)12-6-8-13(9-7-12)18(22)24-2/h3-10,16H,11H2,1-2H3,(H,20,21)/t16-/m1/s1. The van der Waals surface area contributed by atoms with E-state index >= 15 is 0 Å². The molecular formula is C18H18FNO4. The second-order valence-corrected chi connectivity index (χ2v) is 5.06. The number of carbonyl (C=O) groups excluding carboxylic acids is 2. The number of hydrogen-bond donors (Lipinski definition) is 1. The van der Waals surface area contributed by atoms with Crippen LogP contribution in [0.5, 0.6) is 0 Å². The molecule has 0 saturated heterocycles. The third kappa shape index (κ3) is 4.39. The number of methoxy groups -OCH3 is 2. The number of benzene rings is 2. The highest BCUT2D eigenvalue weighted by Gasteiger charge is 2.14. The molecule has 2 aromatic carbocycles. The van der Waals surface area contributed by atoms with E-state index in [2.05, 4.69) is 10.1 Å². The van der Waals surface area contributed by atoms with Crippen LogP contribution in [0.3, 0.4) is 0 Å². The zero-order chi connectivity index (χ0) is 17.5. The van der Waals surface area contributed by atoms with Gasteiger partial charge in [0.1, 0.15) is 5.82 Å². The summed E-state index contributed by atoms with van der Waals surface area (Å²) in [6.07, 6.45) is -0.459. The molecule has 0 bridgehead atoms. The number of nitrogens with one attached hydrogen (secondary N) is 1. The fourth-order valence-corrected chi connectivity index (χ4v) is 2.21. The molecule has 0 saturated carbocycles. The molecule has 1 N–H and O–H groups in total. The van der Waals surface area contributed by atoms with E-state index in [4.69, 9.17) is 4.74 Å². The van der Waals surface area contributed by atoms with E-state index in [0.717, 1.165) is 0 Å². The van der Waals surface area contributed by atoms with Crippen LogP contribution in [0.1, 0.15) is 32.4 Å². The first kappa shape index (κ1) is 17.6. The van der Waals surface area contributed by atoms with Crippen LogP contribution in [0.4, 0.5) is 4.39 Å². The lowest BCUT2D eigenvalue weighted by Crippen LogP contribution is -2.29. The molecule has 1 amide bonds. The van der Waals surface area contributed by atoms with Crippen LogP contribution in [0.2, 0.25) is 0 Å². The first-order valence-corrected chi connectivity index (χ1v) is 7.30. The van der Waals surface area contributed by atoms with Gasteiger partial charge in [0.15, 0.2) is 0 Å². The van der Waals surface area contributed by atoms with Gasteiger partial charge in [0.2, 0.25) is 0 Å². The summed E-state index contributed by atoms with van der Waals surface area (Å²) in [6, 6.07) is 12.1. The van der Waals surface area contributed by atoms with Crippen molar-refractivity contribution in [3.8, 4) is 0 Å². The predicted octanol–water partition coefficient (Wildman–Crippen LogP) is 2.73. The predicted molar refractivity (Wildman–Crippen MR) is 86.3 cm³/mol. The van der Waals surface area contributed by atoms with Crippen LogP contribution < -0.4 is 5.32 Å². The first-order chi connectivity index (χ1) is 11.5. The van der Waals surface area contributed by atoms with Gasteiger partial charge in [-0.05, 0) is 42.0 Å². The summed E-state index contributed by atoms with van der Waals surface area (Å²) in [5.74, 6) is -1.14. The van der Waals surface area contributed by atoms with Gasteiger partial charge in [0.25, 0.3) is 5.91 Å². The van der Waals surface area contributed by atoms with Gasteiger partial charge in [-0.2, -0.15) is 0 Å². The Kier molecular flexibility index (Phi) is 6.03. The smallest absolute Gasteiger partial charge is 0.337 e. The topological polar surface area (TPSA) is 64.6 Å². The second kappa shape index (κ2) is 8.21. The molecule has 24 heavy (non-hydrogen) atoms. The SMILES string of the molecule is COC(=O)c1ccc(C(=O)NC[C@@H](OC)c2cccc(F)c2)cc1. The molecule has 6 heteroatoms. The third-order valence-electron chi connectivity index (χ3n) is 3.52. The summed E-state index contributed by atoms with van der Waals surface area (Å²) >= 11 is 0. The number of esters is 1. The lowest BCUT2D eigenvalue weighted by molar-refractivity contribution is 0.0600. The molecule has 0 heterocycles. The van der Waals surface area contributed by atoms with E-state index < -0.39 is 12.1 Å². The minimum atomic E-state index is -0.465. The average molecular weight is 331 g/mol. The minimum absolute atomic E-state index is 0.192. The van der Waals surface area contributed by atoms with Gasteiger partial charge in [0, 0.05) is 19.2 Å². The van der Waals surface area contributed by atoms with Crippen molar-refractivity contribution in [2.75, 3.05) is 20.8 Å². The lowest BCUT2D eigenvalue weighted by atomic mass is 10.1. The molecule has 2 rings (SSSR count). The summed E-state index contributed by atoms with van der Waals surface area (Å²) in [7, 11) is 2.78. The van der Waals surface area contributed by atoms with Gasteiger partial charge in [-0.25, -0.2) is 9.18 Å². The van der Waals surface area contributed by atoms with Gasteiger partial charge < -0.3 is 14.8 Å². The average Bonchev–Trinajstić information content (AvgIpc) is 2.61. The van der Waals surface area contributed by atoms with E-state index in [1.807, 2.05) is 0 Å². The van der Waals surface area contributed by atoms with Crippen LogP contribution in [0, 0.1) is 5.82 Å². The molecule has 1 atom stereocenters. The molecule has 0 unspecified atom stereocenters. The van der Waals surface area contributed by atoms with Gasteiger partial charge in [-0.15, -0.1) is 0 Å². The van der Waals surface area contributed by atoms with E-state index in [-0.39, 0.29) is 18.3 Å². The van der Waals surface area contributed by atoms with Crippen molar-refractivity contribution >= 4 is 11.9 Å². The van der Waals surface area contributed by atoms with Crippen molar-refractivity contribution < 1.29 is 23.5 Å². The van der Waals surface area contributed by atoms with Crippen molar-refractivity contribution in [2.24, 2.45) is 0 Å². The molecule has 0 fully saturated rings. The molecular weight excluding hydrogens is 313 g/mol. The zero-order valence-electron chi connectivity index (χ0n) is 13.4. The quantitative estimate of drug-likeness (QED) is 0.827. The summed E-state index contributed by atoms with van der Waals surface area (Å²) in [5.41, 5.74) is 1.40. The van der Waals surface area contributed by atoms with Gasteiger partial charge in [-0.1, -0.05) is 12.1 Å². The second-order valence-electron chi connectivity index (χ2n) is 5.06. The molecule has 0 aliphatic rings. The molecule has 0 aromatic heterocycles. The largest absolute Gasteiger partial charge is 0.465 e. The first-order valence-electron chi connectivity index (χ1n) is 7.30. The van der Waals surface area contributed by atoms with Crippen LogP contribution in [-0.4, -0.2) is 32.6 Å². The van der Waals surface area contributed by atoms with Crippen molar-refractivity contribution in [3.63, 3.8) is 0 Å². The lowest BCUT2D eigenvalue weighted by Gasteiger charge is -2.16. The van der Waals surface area contributed by atoms with Crippen LogP contribution in [0.15, 0.2) is 48.5 Å². The number of hydrogen-bond acceptors (Lipinski definition) is 4. The molecule has 0 radical (unpaired) electrons. The number of ether oxygens (including phenoxy) is 2. The summed E-state index contributed by atoms with van der Waals surface area (Å²) < 4.78 is 23.2.